The summed E-state index contributed by atoms with van der Waals surface area (Å²) in [5.74, 6) is 0.747. The lowest BCUT2D eigenvalue weighted by Gasteiger charge is -2.18. The van der Waals surface area contributed by atoms with Crippen LogP contribution in [0.25, 0.3) is 22.3 Å². The normalized spacial score (nSPS) is 11.4. The Morgan fingerprint density at radius 2 is 1.72 bits per heavy atom. The minimum atomic E-state index is -0.591. The number of ether oxygens (including phenoxy) is 3. The molecule has 0 spiro atoms. The van der Waals surface area contributed by atoms with Gasteiger partial charge in [-0.25, -0.2) is 9.37 Å². The molecule has 0 saturated heterocycles. The van der Waals surface area contributed by atoms with Gasteiger partial charge < -0.3 is 14.2 Å². The minimum absolute atomic E-state index is 0.102. The van der Waals surface area contributed by atoms with Crippen LogP contribution < -0.4 is 19.8 Å². The minimum Gasteiger partial charge on any atom is -0.494 e. The van der Waals surface area contributed by atoms with E-state index in [0.29, 0.717) is 34.5 Å². The third-order valence-electron chi connectivity index (χ3n) is 7.42. The molecule has 1 heterocycles. The van der Waals surface area contributed by atoms with Crippen molar-refractivity contribution in [1.29, 1.82) is 0 Å². The molecular formula is C36H35FN4O6. The predicted octanol–water partition coefficient (Wildman–Crippen LogP) is 7.80. The van der Waals surface area contributed by atoms with Crippen molar-refractivity contribution in [2.24, 2.45) is 5.10 Å². The molecule has 0 radical (unpaired) electrons. The van der Waals surface area contributed by atoms with Crippen LogP contribution in [-0.2, 0) is 6.61 Å². The number of fused-ring (bicyclic) bond motifs is 1. The first-order valence-corrected chi connectivity index (χ1v) is 15.3. The maximum Gasteiger partial charge on any atom is 0.315 e. The fourth-order valence-electron chi connectivity index (χ4n) is 5.21. The summed E-state index contributed by atoms with van der Waals surface area (Å²) in [4.78, 5) is 30.3. The molecule has 5 rings (SSSR count). The number of nitro groups is 1. The van der Waals surface area contributed by atoms with Crippen molar-refractivity contribution in [3.63, 3.8) is 0 Å². The van der Waals surface area contributed by atoms with Gasteiger partial charge in [-0.2, -0.15) is 9.78 Å². The Kier molecular flexibility index (Phi) is 9.94. The Bertz CT molecular complexity index is 2040. The van der Waals surface area contributed by atoms with E-state index >= 15 is 0 Å². The number of para-hydroxylation sites is 1. The number of benzene rings is 4. The van der Waals surface area contributed by atoms with Crippen molar-refractivity contribution >= 4 is 22.8 Å². The summed E-state index contributed by atoms with van der Waals surface area (Å²) in [6.45, 7) is 10.3. The number of aryl methyl sites for hydroxylation is 1. The van der Waals surface area contributed by atoms with Gasteiger partial charge in [-0.3, -0.25) is 14.9 Å². The second-order valence-corrected chi connectivity index (χ2v) is 11.1. The first kappa shape index (κ1) is 32.8. The Balaban J connectivity index is 1.64. The lowest BCUT2D eigenvalue weighted by atomic mass is 9.96. The molecule has 0 bridgehead atoms. The third-order valence-corrected chi connectivity index (χ3v) is 7.42. The number of rotatable bonds is 12. The van der Waals surface area contributed by atoms with Crippen LogP contribution >= 0.6 is 0 Å². The van der Waals surface area contributed by atoms with Crippen LogP contribution in [0.1, 0.15) is 55.9 Å². The highest BCUT2D eigenvalue weighted by Crippen LogP contribution is 2.39. The molecule has 5 aromatic rings. The second kappa shape index (κ2) is 14.2. The average Bonchev–Trinajstić information content (AvgIpc) is 3.04. The zero-order valence-corrected chi connectivity index (χ0v) is 26.8. The SMILES string of the molecule is CCOc1cc(C)c(-c2nc3ccccc3c(=O)n2N=Cc2cc(OCC)c(OCc3cccc(F)c3)c([N+](=O)[O-])c2)cc1C(C)C. The first-order chi connectivity index (χ1) is 22.6. The van der Waals surface area contributed by atoms with Gasteiger partial charge in [0.1, 0.15) is 18.2 Å². The summed E-state index contributed by atoms with van der Waals surface area (Å²) in [5, 5.41) is 17.1. The molecule has 0 unspecified atom stereocenters. The molecule has 0 aliphatic rings. The van der Waals surface area contributed by atoms with Gasteiger partial charge in [0.25, 0.3) is 5.56 Å². The van der Waals surface area contributed by atoms with E-state index in [1.54, 1.807) is 37.3 Å². The van der Waals surface area contributed by atoms with E-state index in [9.17, 15) is 19.3 Å². The van der Waals surface area contributed by atoms with Gasteiger partial charge in [-0.05, 0) is 85.8 Å². The van der Waals surface area contributed by atoms with E-state index in [2.05, 4.69) is 18.9 Å². The van der Waals surface area contributed by atoms with Crippen LogP contribution in [0, 0.1) is 22.9 Å². The highest BCUT2D eigenvalue weighted by Gasteiger charge is 2.23. The summed E-state index contributed by atoms with van der Waals surface area (Å²) in [5.41, 5.74) is 2.99. The van der Waals surface area contributed by atoms with Gasteiger partial charge in [0.05, 0.1) is 35.3 Å². The van der Waals surface area contributed by atoms with Crippen molar-refractivity contribution in [3.05, 3.63) is 121 Å². The summed E-state index contributed by atoms with van der Waals surface area (Å²) < 4.78 is 32.4. The third kappa shape index (κ3) is 7.14. The average molecular weight is 639 g/mol. The lowest BCUT2D eigenvalue weighted by molar-refractivity contribution is -0.386. The highest BCUT2D eigenvalue weighted by molar-refractivity contribution is 5.84. The van der Waals surface area contributed by atoms with Crippen molar-refractivity contribution in [2.45, 2.75) is 47.1 Å². The molecule has 4 aromatic carbocycles. The van der Waals surface area contributed by atoms with Gasteiger partial charge in [-0.1, -0.05) is 38.1 Å². The Morgan fingerprint density at radius 3 is 2.43 bits per heavy atom. The number of nitrogens with zero attached hydrogens (tertiary/aromatic N) is 4. The van der Waals surface area contributed by atoms with E-state index < -0.39 is 16.3 Å². The Labute approximate surface area is 271 Å². The molecule has 0 aliphatic carbocycles. The summed E-state index contributed by atoms with van der Waals surface area (Å²) >= 11 is 0. The second-order valence-electron chi connectivity index (χ2n) is 11.1. The lowest BCUT2D eigenvalue weighted by Crippen LogP contribution is -2.21. The maximum atomic E-state index is 13.9. The van der Waals surface area contributed by atoms with Crippen LogP contribution in [0.3, 0.4) is 0 Å². The van der Waals surface area contributed by atoms with Crippen molar-refractivity contribution in [1.82, 2.24) is 9.66 Å². The standard InChI is InChI=1S/C36H35FN4O6/c1-6-45-32-15-23(5)29(19-28(32)22(3)4)35-39-30-14-9-8-13-27(30)36(42)40(35)38-20-25-17-31(41(43)44)34(33(18-25)46-7-2)47-21-24-11-10-12-26(37)16-24/h8-20,22H,6-7,21H2,1-5H3. The zero-order valence-electron chi connectivity index (χ0n) is 26.8. The van der Waals surface area contributed by atoms with Gasteiger partial charge in [0, 0.05) is 17.2 Å². The zero-order chi connectivity index (χ0) is 33.7. The quantitative estimate of drug-likeness (QED) is 0.0777. The Hall–Kier alpha value is -5.58. The van der Waals surface area contributed by atoms with Gasteiger partial charge in [0.15, 0.2) is 11.6 Å². The molecule has 0 fully saturated rings. The Morgan fingerprint density at radius 1 is 0.979 bits per heavy atom. The molecule has 10 nitrogen and oxygen atoms in total. The van der Waals surface area contributed by atoms with E-state index in [0.717, 1.165) is 16.9 Å². The van der Waals surface area contributed by atoms with E-state index in [4.69, 9.17) is 19.2 Å². The van der Waals surface area contributed by atoms with Crippen molar-refractivity contribution in [2.75, 3.05) is 13.2 Å². The molecule has 0 N–H and O–H groups in total. The monoisotopic (exact) mass is 638 g/mol. The predicted molar refractivity (Wildman–Crippen MR) is 179 cm³/mol. The van der Waals surface area contributed by atoms with E-state index in [-0.39, 0.29) is 41.9 Å². The molecule has 0 atom stereocenters. The highest BCUT2D eigenvalue weighted by atomic mass is 19.1. The van der Waals surface area contributed by atoms with Gasteiger partial charge in [-0.15, -0.1) is 0 Å². The molecular weight excluding hydrogens is 603 g/mol. The summed E-state index contributed by atoms with van der Waals surface area (Å²) in [6.07, 6.45) is 1.35. The van der Waals surface area contributed by atoms with Gasteiger partial charge >= 0.3 is 5.69 Å². The van der Waals surface area contributed by atoms with Crippen LogP contribution in [0.5, 0.6) is 17.2 Å². The van der Waals surface area contributed by atoms with Crippen LogP contribution in [0.4, 0.5) is 10.1 Å². The number of hydrogen-bond acceptors (Lipinski definition) is 8. The molecule has 0 aliphatic heterocycles. The number of halogens is 1. The fraction of sp³-hybridized carbons (Fsp3) is 0.250. The largest absolute Gasteiger partial charge is 0.494 e. The summed E-state index contributed by atoms with van der Waals surface area (Å²) in [6, 6.07) is 19.5. The first-order valence-electron chi connectivity index (χ1n) is 15.3. The van der Waals surface area contributed by atoms with Crippen LogP contribution in [-0.4, -0.2) is 34.0 Å². The van der Waals surface area contributed by atoms with E-state index in [1.165, 1.54) is 35.2 Å². The number of nitro benzene ring substituents is 1. The topological polar surface area (TPSA) is 118 Å². The van der Waals surface area contributed by atoms with Crippen LogP contribution in [0.15, 0.2) is 82.7 Å². The van der Waals surface area contributed by atoms with Gasteiger partial charge in [0.2, 0.25) is 5.75 Å². The molecule has 47 heavy (non-hydrogen) atoms. The molecule has 242 valence electrons. The summed E-state index contributed by atoms with van der Waals surface area (Å²) in [7, 11) is 0. The van der Waals surface area contributed by atoms with Crippen LogP contribution in [0.2, 0.25) is 0 Å². The van der Waals surface area contributed by atoms with E-state index in [1.807, 2.05) is 32.0 Å². The fourth-order valence-corrected chi connectivity index (χ4v) is 5.21. The molecule has 0 amide bonds. The number of aromatic nitrogens is 2. The number of hydrogen-bond donors (Lipinski definition) is 0. The molecule has 0 saturated carbocycles. The molecule has 11 heteroatoms. The molecule has 1 aromatic heterocycles. The maximum absolute atomic E-state index is 13.9. The van der Waals surface area contributed by atoms with Crippen molar-refractivity contribution < 1.29 is 23.5 Å². The smallest absolute Gasteiger partial charge is 0.315 e. The van der Waals surface area contributed by atoms with Crippen molar-refractivity contribution in [3.8, 4) is 28.6 Å².